The zero-order valence-corrected chi connectivity index (χ0v) is 9.10. The van der Waals surface area contributed by atoms with E-state index in [0.717, 1.165) is 25.1 Å². The molecular formula is C13H15F2N. The average Bonchev–Trinajstić information content (AvgIpc) is 2.13. The average molecular weight is 223 g/mol. The second-order valence-electron chi connectivity index (χ2n) is 5.33. The number of rotatable bonds is 2. The van der Waals surface area contributed by atoms with Gasteiger partial charge in [0.15, 0.2) is 11.6 Å². The van der Waals surface area contributed by atoms with Crippen molar-refractivity contribution in [2.24, 2.45) is 11.3 Å². The topological polar surface area (TPSA) is 12.0 Å². The largest absolute Gasteiger partial charge is 0.316 e. The first-order valence-electron chi connectivity index (χ1n) is 5.82. The van der Waals surface area contributed by atoms with E-state index in [-0.39, 0.29) is 0 Å². The number of halogens is 2. The van der Waals surface area contributed by atoms with Crippen molar-refractivity contribution in [2.45, 2.75) is 19.3 Å². The van der Waals surface area contributed by atoms with Gasteiger partial charge < -0.3 is 5.32 Å². The first kappa shape index (κ1) is 10.2. The van der Waals surface area contributed by atoms with Crippen LogP contribution in [0.3, 0.4) is 0 Å². The Kier molecular flexibility index (Phi) is 2.25. The van der Waals surface area contributed by atoms with Crippen LogP contribution in [-0.2, 0) is 6.42 Å². The van der Waals surface area contributed by atoms with Gasteiger partial charge >= 0.3 is 0 Å². The van der Waals surface area contributed by atoms with E-state index in [2.05, 4.69) is 5.32 Å². The molecule has 2 fully saturated rings. The molecule has 3 heteroatoms. The van der Waals surface area contributed by atoms with Crippen molar-refractivity contribution >= 4 is 0 Å². The third kappa shape index (κ3) is 1.63. The fourth-order valence-corrected chi connectivity index (χ4v) is 3.08. The van der Waals surface area contributed by atoms with E-state index in [4.69, 9.17) is 0 Å². The molecule has 1 saturated heterocycles. The zero-order chi connectivity index (χ0) is 11.2. The van der Waals surface area contributed by atoms with Crippen molar-refractivity contribution in [3.05, 3.63) is 35.4 Å². The molecule has 1 aliphatic heterocycles. The van der Waals surface area contributed by atoms with Crippen LogP contribution in [0, 0.1) is 23.0 Å². The van der Waals surface area contributed by atoms with Crippen LogP contribution in [0.2, 0.25) is 0 Å². The summed E-state index contributed by atoms with van der Waals surface area (Å²) in [7, 11) is 0. The van der Waals surface area contributed by atoms with Gasteiger partial charge in [-0.3, -0.25) is 0 Å². The molecule has 0 unspecified atom stereocenters. The molecule has 1 aromatic rings. The summed E-state index contributed by atoms with van der Waals surface area (Å²) in [6.45, 7) is 2.28. The standard InChI is InChI=1S/C13H15F2N/c14-11-2-1-9(4-12(11)15)3-10-5-13(6-10)7-16-8-13/h1-2,4,10,16H,3,5-8H2. The Morgan fingerprint density at radius 3 is 2.50 bits per heavy atom. The Morgan fingerprint density at radius 2 is 1.94 bits per heavy atom. The predicted molar refractivity (Wildman–Crippen MR) is 58.1 cm³/mol. The Labute approximate surface area is 93.9 Å². The highest BCUT2D eigenvalue weighted by Gasteiger charge is 2.47. The van der Waals surface area contributed by atoms with Crippen molar-refractivity contribution in [1.82, 2.24) is 5.32 Å². The van der Waals surface area contributed by atoms with Crippen LogP contribution in [0.1, 0.15) is 18.4 Å². The van der Waals surface area contributed by atoms with Gasteiger partial charge in [0.25, 0.3) is 0 Å². The molecule has 1 N–H and O–H groups in total. The van der Waals surface area contributed by atoms with Crippen molar-refractivity contribution in [3.8, 4) is 0 Å². The molecule has 1 aliphatic carbocycles. The van der Waals surface area contributed by atoms with Crippen LogP contribution in [0.4, 0.5) is 8.78 Å². The molecule has 0 bridgehead atoms. The number of hydrogen-bond acceptors (Lipinski definition) is 1. The lowest BCUT2D eigenvalue weighted by molar-refractivity contribution is 0.000860. The number of nitrogens with one attached hydrogen (secondary N) is 1. The van der Waals surface area contributed by atoms with Crippen LogP contribution >= 0.6 is 0 Å². The second-order valence-corrected chi connectivity index (χ2v) is 5.33. The van der Waals surface area contributed by atoms with E-state index in [1.54, 1.807) is 6.07 Å². The maximum Gasteiger partial charge on any atom is 0.159 e. The van der Waals surface area contributed by atoms with Crippen molar-refractivity contribution in [2.75, 3.05) is 13.1 Å². The van der Waals surface area contributed by atoms with Crippen LogP contribution in [-0.4, -0.2) is 13.1 Å². The third-order valence-corrected chi connectivity index (χ3v) is 3.95. The van der Waals surface area contributed by atoms with Gasteiger partial charge in [0, 0.05) is 13.1 Å². The third-order valence-electron chi connectivity index (χ3n) is 3.95. The van der Waals surface area contributed by atoms with Gasteiger partial charge in [-0.1, -0.05) is 6.07 Å². The lowest BCUT2D eigenvalue weighted by atomic mass is 9.57. The van der Waals surface area contributed by atoms with Gasteiger partial charge in [-0.15, -0.1) is 0 Å². The minimum Gasteiger partial charge on any atom is -0.316 e. The highest BCUT2D eigenvalue weighted by atomic mass is 19.2. The first-order chi connectivity index (χ1) is 7.67. The van der Waals surface area contributed by atoms with Crippen molar-refractivity contribution in [1.29, 1.82) is 0 Å². The Morgan fingerprint density at radius 1 is 1.19 bits per heavy atom. The van der Waals surface area contributed by atoms with Gasteiger partial charge in [0.2, 0.25) is 0 Å². The van der Waals surface area contributed by atoms with Gasteiger partial charge in [-0.05, 0) is 48.3 Å². The Balaban J connectivity index is 1.60. The van der Waals surface area contributed by atoms with E-state index in [0.29, 0.717) is 11.3 Å². The molecular weight excluding hydrogens is 208 g/mol. The molecule has 1 spiro atoms. The smallest absolute Gasteiger partial charge is 0.159 e. The van der Waals surface area contributed by atoms with Gasteiger partial charge in [-0.2, -0.15) is 0 Å². The van der Waals surface area contributed by atoms with Gasteiger partial charge in [0.1, 0.15) is 0 Å². The molecule has 86 valence electrons. The lowest BCUT2D eigenvalue weighted by Crippen LogP contribution is -2.60. The molecule has 1 aromatic carbocycles. The fourth-order valence-electron chi connectivity index (χ4n) is 3.08. The first-order valence-corrected chi connectivity index (χ1v) is 5.82. The molecule has 0 atom stereocenters. The van der Waals surface area contributed by atoms with Crippen LogP contribution in [0.5, 0.6) is 0 Å². The summed E-state index contributed by atoms with van der Waals surface area (Å²) in [6.07, 6.45) is 3.36. The van der Waals surface area contributed by atoms with Crippen LogP contribution < -0.4 is 5.32 Å². The normalized spacial score (nSPS) is 22.9. The SMILES string of the molecule is Fc1ccc(CC2CC3(CNC3)C2)cc1F. The molecule has 2 aliphatic rings. The van der Waals surface area contributed by atoms with Crippen LogP contribution in [0.15, 0.2) is 18.2 Å². The number of hydrogen-bond donors (Lipinski definition) is 1. The molecule has 16 heavy (non-hydrogen) atoms. The molecule has 3 rings (SSSR count). The maximum absolute atomic E-state index is 13.0. The summed E-state index contributed by atoms with van der Waals surface area (Å²) < 4.78 is 25.7. The summed E-state index contributed by atoms with van der Waals surface area (Å²) in [5.41, 5.74) is 1.48. The molecule has 0 radical (unpaired) electrons. The lowest BCUT2D eigenvalue weighted by Gasteiger charge is -2.54. The summed E-state index contributed by atoms with van der Waals surface area (Å²) in [5.74, 6) is -0.819. The molecule has 1 nitrogen and oxygen atoms in total. The fraction of sp³-hybridized carbons (Fsp3) is 0.538. The van der Waals surface area contributed by atoms with E-state index in [1.807, 2.05) is 0 Å². The molecule has 0 aromatic heterocycles. The quantitative estimate of drug-likeness (QED) is 0.812. The molecule has 0 amide bonds. The Bertz CT molecular complexity index is 404. The van der Waals surface area contributed by atoms with E-state index < -0.39 is 11.6 Å². The predicted octanol–water partition coefficient (Wildman–Crippen LogP) is 2.51. The highest BCUT2D eigenvalue weighted by molar-refractivity contribution is 5.19. The molecule has 1 heterocycles. The van der Waals surface area contributed by atoms with Gasteiger partial charge in [0.05, 0.1) is 0 Å². The minimum absolute atomic E-state index is 0.559. The monoisotopic (exact) mass is 223 g/mol. The summed E-state index contributed by atoms with van der Waals surface area (Å²) in [4.78, 5) is 0. The summed E-state index contributed by atoms with van der Waals surface area (Å²) >= 11 is 0. The Hall–Kier alpha value is -0.960. The van der Waals surface area contributed by atoms with E-state index in [1.165, 1.54) is 25.0 Å². The minimum atomic E-state index is -0.753. The summed E-state index contributed by atoms with van der Waals surface area (Å²) in [5, 5.41) is 3.30. The van der Waals surface area contributed by atoms with Crippen molar-refractivity contribution in [3.63, 3.8) is 0 Å². The van der Waals surface area contributed by atoms with Gasteiger partial charge in [-0.25, -0.2) is 8.78 Å². The van der Waals surface area contributed by atoms with Crippen molar-refractivity contribution < 1.29 is 8.78 Å². The van der Waals surface area contributed by atoms with E-state index in [9.17, 15) is 8.78 Å². The van der Waals surface area contributed by atoms with Crippen LogP contribution in [0.25, 0.3) is 0 Å². The van der Waals surface area contributed by atoms with E-state index >= 15 is 0 Å². The zero-order valence-electron chi connectivity index (χ0n) is 9.10. The second kappa shape index (κ2) is 3.52. The molecule has 1 saturated carbocycles. The highest BCUT2D eigenvalue weighted by Crippen LogP contribution is 2.49. The summed E-state index contributed by atoms with van der Waals surface area (Å²) in [6, 6.07) is 4.26. The number of benzene rings is 1. The maximum atomic E-state index is 13.0.